The summed E-state index contributed by atoms with van der Waals surface area (Å²) >= 11 is 0. The topological polar surface area (TPSA) is 9.23 Å². The minimum Gasteiger partial charge on any atom is -0.352 e. The van der Waals surface area contributed by atoms with E-state index >= 15 is 0 Å². The summed E-state index contributed by atoms with van der Waals surface area (Å²) in [5.74, 6) is 4.04. The molecule has 4 heteroatoms. The Kier molecular flexibility index (Phi) is 7.28. The van der Waals surface area contributed by atoms with Crippen LogP contribution in [0.1, 0.15) is 68.9 Å². The van der Waals surface area contributed by atoms with E-state index in [0.29, 0.717) is 11.5 Å². The first kappa shape index (κ1) is 23.2. The van der Waals surface area contributed by atoms with Crippen LogP contribution in [-0.2, 0) is 4.74 Å². The summed E-state index contributed by atoms with van der Waals surface area (Å²) in [5.41, 5.74) is 4.15. The van der Waals surface area contributed by atoms with Crippen molar-refractivity contribution in [3.05, 3.63) is 71.8 Å². The molecule has 1 aliphatic carbocycles. The lowest BCUT2D eigenvalue weighted by atomic mass is 9.77. The maximum Gasteiger partial charge on any atom is 0.581 e. The quantitative estimate of drug-likeness (QED) is 0.353. The minimum absolute atomic E-state index is 0.508. The molecule has 33 heavy (non-hydrogen) atoms. The molecule has 0 spiro atoms. The summed E-state index contributed by atoms with van der Waals surface area (Å²) in [7, 11) is 0. The first-order valence-corrected chi connectivity index (χ1v) is 11.8. The van der Waals surface area contributed by atoms with Gasteiger partial charge in [-0.2, -0.15) is 0 Å². The van der Waals surface area contributed by atoms with Crippen LogP contribution in [-0.4, -0.2) is 6.36 Å². The van der Waals surface area contributed by atoms with E-state index in [0.717, 1.165) is 27.8 Å². The van der Waals surface area contributed by atoms with Gasteiger partial charge in [0.05, 0.1) is 0 Å². The number of halogens is 3. The Hall–Kier alpha value is -2.93. The van der Waals surface area contributed by atoms with Gasteiger partial charge in [-0.15, -0.1) is 13.2 Å². The molecule has 1 nitrogen and oxygen atoms in total. The third-order valence-corrected chi connectivity index (χ3v) is 6.76. The van der Waals surface area contributed by atoms with Gasteiger partial charge in [0.15, 0.2) is 0 Å². The fraction of sp³-hybridized carbons (Fsp3) is 0.379. The Morgan fingerprint density at radius 2 is 1.64 bits per heavy atom. The van der Waals surface area contributed by atoms with Crippen molar-refractivity contribution in [2.45, 2.75) is 64.1 Å². The van der Waals surface area contributed by atoms with Crippen molar-refractivity contribution in [1.82, 2.24) is 0 Å². The second-order valence-electron chi connectivity index (χ2n) is 9.00. The number of unbranched alkanes of at least 4 members (excludes halogenated alkanes) is 1. The molecule has 3 aromatic rings. The van der Waals surface area contributed by atoms with Crippen LogP contribution in [0.2, 0.25) is 0 Å². The van der Waals surface area contributed by atoms with Crippen molar-refractivity contribution >= 4 is 10.8 Å². The third-order valence-electron chi connectivity index (χ3n) is 6.76. The van der Waals surface area contributed by atoms with E-state index in [4.69, 9.17) is 0 Å². The van der Waals surface area contributed by atoms with Gasteiger partial charge in [-0.25, -0.2) is 0 Å². The van der Waals surface area contributed by atoms with Crippen LogP contribution in [0.25, 0.3) is 21.9 Å². The van der Waals surface area contributed by atoms with E-state index in [1.807, 2.05) is 18.2 Å². The minimum atomic E-state index is -4.76. The monoisotopic (exact) mass is 450 g/mol. The summed E-state index contributed by atoms with van der Waals surface area (Å²) in [4.78, 5) is 0. The van der Waals surface area contributed by atoms with Gasteiger partial charge >= 0.3 is 6.36 Å². The molecule has 0 heterocycles. The Bertz CT molecular complexity index is 1130. The summed E-state index contributed by atoms with van der Waals surface area (Å²) in [5, 5.41) is 1.73. The zero-order valence-electron chi connectivity index (χ0n) is 18.9. The number of hydrogen-bond acceptors (Lipinski definition) is 1. The molecule has 1 saturated carbocycles. The number of rotatable bonds is 5. The van der Waals surface area contributed by atoms with Crippen LogP contribution in [0.5, 0.6) is 0 Å². The first-order valence-electron chi connectivity index (χ1n) is 11.8. The molecule has 4 rings (SSSR count). The lowest BCUT2D eigenvalue weighted by Crippen LogP contribution is -2.13. The number of benzene rings is 3. The zero-order valence-corrected chi connectivity index (χ0v) is 18.9. The van der Waals surface area contributed by atoms with Crippen LogP contribution >= 0.6 is 0 Å². The van der Waals surface area contributed by atoms with Crippen LogP contribution in [0.15, 0.2) is 60.7 Å². The Morgan fingerprint density at radius 1 is 0.909 bits per heavy atom. The predicted octanol–water partition coefficient (Wildman–Crippen LogP) is 8.82. The predicted molar refractivity (Wildman–Crippen MR) is 128 cm³/mol. The highest BCUT2D eigenvalue weighted by atomic mass is 19.4. The molecule has 172 valence electrons. The Balaban J connectivity index is 1.47. The van der Waals surface area contributed by atoms with Crippen molar-refractivity contribution in [2.75, 3.05) is 0 Å². The molecule has 3 aromatic carbocycles. The third kappa shape index (κ3) is 6.11. The number of fused-ring (bicyclic) bond motifs is 1. The molecule has 0 unspecified atom stereocenters. The molecule has 0 amide bonds. The summed E-state index contributed by atoms with van der Waals surface area (Å²) in [6, 6.07) is 20.3. The number of alkyl halides is 3. The van der Waals surface area contributed by atoms with E-state index in [2.05, 4.69) is 47.9 Å². The van der Waals surface area contributed by atoms with Crippen LogP contribution in [0.4, 0.5) is 13.2 Å². The molecule has 1 fully saturated rings. The van der Waals surface area contributed by atoms with E-state index < -0.39 is 6.36 Å². The van der Waals surface area contributed by atoms with Gasteiger partial charge in [-0.05, 0) is 83.0 Å². The van der Waals surface area contributed by atoms with Crippen LogP contribution < -0.4 is 0 Å². The highest BCUT2D eigenvalue weighted by molar-refractivity contribution is 5.91. The number of ether oxygens (including phenoxy) is 1. The van der Waals surface area contributed by atoms with Crippen molar-refractivity contribution < 1.29 is 17.9 Å². The van der Waals surface area contributed by atoms with Gasteiger partial charge in [0.25, 0.3) is 0 Å². The average molecular weight is 451 g/mol. The van der Waals surface area contributed by atoms with Gasteiger partial charge in [-0.3, -0.25) is 0 Å². The van der Waals surface area contributed by atoms with E-state index in [1.165, 1.54) is 50.5 Å². The molecule has 0 bridgehead atoms. The van der Waals surface area contributed by atoms with Gasteiger partial charge in [0.1, 0.15) is 6.11 Å². The average Bonchev–Trinajstić information content (AvgIpc) is 2.82. The Morgan fingerprint density at radius 3 is 2.33 bits per heavy atom. The molecule has 0 aromatic heterocycles. The molecule has 0 atom stereocenters. The normalized spacial score (nSPS) is 18.5. The van der Waals surface area contributed by atoms with E-state index in [1.54, 1.807) is 18.2 Å². The largest absolute Gasteiger partial charge is 0.581 e. The molecular weight excluding hydrogens is 421 g/mol. The maximum atomic E-state index is 12.2. The zero-order chi connectivity index (χ0) is 23.3. The molecule has 0 N–H and O–H groups in total. The van der Waals surface area contributed by atoms with Crippen molar-refractivity contribution in [2.24, 2.45) is 5.92 Å². The smallest absolute Gasteiger partial charge is 0.352 e. The van der Waals surface area contributed by atoms with Crippen LogP contribution in [0.3, 0.4) is 0 Å². The first-order chi connectivity index (χ1) is 15.9. The highest BCUT2D eigenvalue weighted by Gasteiger charge is 2.29. The fourth-order valence-electron chi connectivity index (χ4n) is 4.94. The maximum absolute atomic E-state index is 12.2. The fourth-order valence-corrected chi connectivity index (χ4v) is 4.94. The summed E-state index contributed by atoms with van der Waals surface area (Å²) < 4.78 is 40.2. The SMILES string of the molecule is CCCC[C@H]1CC[C@H](c2ccc(-c3ccc4c(C#COC(F)(F)F)cccc4c3)cc2)CC1. The lowest BCUT2D eigenvalue weighted by molar-refractivity contribution is -0.291. The van der Waals surface area contributed by atoms with E-state index in [9.17, 15) is 13.2 Å². The summed E-state index contributed by atoms with van der Waals surface area (Å²) in [6.45, 7) is 2.27. The molecule has 0 saturated heterocycles. The van der Waals surface area contributed by atoms with Crippen molar-refractivity contribution in [3.63, 3.8) is 0 Å². The Labute approximate surface area is 194 Å². The molecule has 1 aliphatic rings. The second-order valence-corrected chi connectivity index (χ2v) is 9.00. The van der Waals surface area contributed by atoms with Crippen molar-refractivity contribution in [1.29, 1.82) is 0 Å². The van der Waals surface area contributed by atoms with Crippen molar-refractivity contribution in [3.8, 4) is 23.2 Å². The highest BCUT2D eigenvalue weighted by Crippen LogP contribution is 2.38. The van der Waals surface area contributed by atoms with Gasteiger partial charge in [-0.1, -0.05) is 74.7 Å². The molecule has 0 aliphatic heterocycles. The van der Waals surface area contributed by atoms with E-state index in [-0.39, 0.29) is 0 Å². The molecular formula is C29H29F3O. The van der Waals surface area contributed by atoms with Gasteiger partial charge in [0, 0.05) is 5.56 Å². The number of hydrogen-bond donors (Lipinski definition) is 0. The lowest BCUT2D eigenvalue weighted by Gasteiger charge is -2.29. The van der Waals surface area contributed by atoms with Crippen LogP contribution in [0, 0.1) is 17.9 Å². The van der Waals surface area contributed by atoms with Gasteiger partial charge < -0.3 is 4.74 Å². The molecule has 0 radical (unpaired) electrons. The summed E-state index contributed by atoms with van der Waals surface area (Å²) in [6.07, 6.45) is 6.27. The van der Waals surface area contributed by atoms with Gasteiger partial charge in [0.2, 0.25) is 0 Å². The second kappa shape index (κ2) is 10.3. The standard InChI is InChI=1S/C29H29F3O/c1-2-3-5-21-8-10-22(11-9-21)23-12-14-24(15-13-23)26-16-17-28-25(6-4-7-27(28)20-26)18-19-33-29(30,31)32/h4,6-7,12-17,20-22H,2-3,5,8-11H2,1H3/t21-,22-.